The van der Waals surface area contributed by atoms with Crippen molar-refractivity contribution in [3.8, 4) is 0 Å². The Morgan fingerprint density at radius 2 is 2.00 bits per heavy atom. The van der Waals surface area contributed by atoms with E-state index in [1.165, 1.54) is 12.0 Å². The smallest absolute Gasteiger partial charge is 0.258 e. The Morgan fingerprint density at radius 1 is 1.24 bits per heavy atom. The monoisotopic (exact) mass is 303 g/mol. The van der Waals surface area contributed by atoms with Crippen LogP contribution in [0, 0.1) is 6.92 Å². The Balaban J connectivity index is 2.06. The molecule has 1 fully saturated rings. The topological polar surface area (TPSA) is 20.3 Å². The van der Waals surface area contributed by atoms with Crippen LogP contribution in [-0.4, -0.2) is 23.1 Å². The van der Waals surface area contributed by atoms with Gasteiger partial charge in [0.2, 0.25) is 0 Å². The molecule has 0 spiro atoms. The van der Waals surface area contributed by atoms with E-state index in [9.17, 15) is 4.79 Å². The molecule has 1 aromatic carbocycles. The molecule has 1 amide bonds. The van der Waals surface area contributed by atoms with Crippen LogP contribution in [0.2, 0.25) is 0 Å². The lowest BCUT2D eigenvalue weighted by Gasteiger charge is -2.24. The number of thiol groups is 1. The summed E-state index contributed by atoms with van der Waals surface area (Å²) >= 11 is 4.24. The summed E-state index contributed by atoms with van der Waals surface area (Å²) in [6, 6.07) is 7.85. The first kappa shape index (κ1) is 16.2. The molecule has 114 valence electrons. The normalized spacial score (nSPS) is 13.7. The van der Waals surface area contributed by atoms with Gasteiger partial charge in [0.15, 0.2) is 0 Å². The number of carbonyl (C=O) groups is 1. The molecule has 0 heterocycles. The lowest BCUT2D eigenvalue weighted by Crippen LogP contribution is -2.28. The van der Waals surface area contributed by atoms with Gasteiger partial charge in [0.25, 0.3) is 5.91 Å². The highest BCUT2D eigenvalue weighted by Crippen LogP contribution is 2.26. The molecule has 1 aliphatic rings. The van der Waals surface area contributed by atoms with Crippen molar-refractivity contribution in [2.24, 2.45) is 0 Å². The zero-order chi connectivity index (χ0) is 15.1. The second-order valence-electron chi connectivity index (χ2n) is 5.74. The van der Waals surface area contributed by atoms with E-state index in [2.05, 4.69) is 18.8 Å². The van der Waals surface area contributed by atoms with E-state index >= 15 is 0 Å². The second kappa shape index (κ2) is 8.28. The number of allylic oxidation sites excluding steroid dienone is 1. The van der Waals surface area contributed by atoms with Crippen LogP contribution in [0.15, 0.2) is 36.0 Å². The molecule has 1 aliphatic carbocycles. The third-order valence-corrected chi connectivity index (χ3v) is 4.34. The largest absolute Gasteiger partial charge is 0.315 e. The van der Waals surface area contributed by atoms with Gasteiger partial charge in [-0.3, -0.25) is 4.79 Å². The minimum Gasteiger partial charge on any atom is -0.315 e. The molecule has 0 N–H and O–H groups in total. The SMILES string of the molecule is Cc1ccccc1C(=O)N(C=C1CCC1)CCCCCS. The number of nitrogens with zero attached hydrogens (tertiary/aromatic N) is 1. The van der Waals surface area contributed by atoms with Gasteiger partial charge in [-0.1, -0.05) is 30.2 Å². The third-order valence-electron chi connectivity index (χ3n) is 4.03. The molecule has 0 aromatic heterocycles. The lowest BCUT2D eigenvalue weighted by atomic mass is 9.93. The number of benzene rings is 1. The van der Waals surface area contributed by atoms with Gasteiger partial charge in [0.1, 0.15) is 0 Å². The van der Waals surface area contributed by atoms with Crippen LogP contribution in [0.5, 0.6) is 0 Å². The first-order valence-electron chi connectivity index (χ1n) is 7.89. The minimum absolute atomic E-state index is 0.137. The molecule has 2 rings (SSSR count). The van der Waals surface area contributed by atoms with Gasteiger partial charge in [0.05, 0.1) is 0 Å². The zero-order valence-corrected chi connectivity index (χ0v) is 13.7. The third kappa shape index (κ3) is 4.63. The number of carbonyl (C=O) groups excluding carboxylic acids is 1. The summed E-state index contributed by atoms with van der Waals surface area (Å²) in [6.07, 6.45) is 8.94. The number of rotatable bonds is 7. The maximum atomic E-state index is 12.8. The summed E-state index contributed by atoms with van der Waals surface area (Å²) in [5.41, 5.74) is 3.28. The van der Waals surface area contributed by atoms with Crippen molar-refractivity contribution in [1.29, 1.82) is 0 Å². The van der Waals surface area contributed by atoms with Crippen LogP contribution in [0.3, 0.4) is 0 Å². The number of hydrogen-bond donors (Lipinski definition) is 1. The van der Waals surface area contributed by atoms with Crippen LogP contribution in [0.1, 0.15) is 54.4 Å². The zero-order valence-electron chi connectivity index (χ0n) is 12.8. The predicted octanol–water partition coefficient (Wildman–Crippen LogP) is 4.61. The molecule has 0 atom stereocenters. The maximum absolute atomic E-state index is 12.8. The van der Waals surface area contributed by atoms with Crippen molar-refractivity contribution in [2.45, 2.75) is 45.4 Å². The number of hydrogen-bond acceptors (Lipinski definition) is 2. The summed E-state index contributed by atoms with van der Waals surface area (Å²) in [6.45, 7) is 2.81. The van der Waals surface area contributed by atoms with E-state index in [-0.39, 0.29) is 5.91 Å². The Labute approximate surface area is 133 Å². The fraction of sp³-hybridized carbons (Fsp3) is 0.500. The van der Waals surface area contributed by atoms with Gasteiger partial charge >= 0.3 is 0 Å². The minimum atomic E-state index is 0.137. The fourth-order valence-electron chi connectivity index (χ4n) is 2.49. The molecule has 2 nitrogen and oxygen atoms in total. The number of aryl methyl sites for hydroxylation is 1. The summed E-state index contributed by atoms with van der Waals surface area (Å²) in [7, 11) is 0. The van der Waals surface area contributed by atoms with Gasteiger partial charge in [-0.05, 0) is 56.4 Å². The average molecular weight is 303 g/mol. The highest BCUT2D eigenvalue weighted by atomic mass is 32.1. The summed E-state index contributed by atoms with van der Waals surface area (Å²) in [4.78, 5) is 14.7. The first-order valence-corrected chi connectivity index (χ1v) is 8.52. The van der Waals surface area contributed by atoms with E-state index in [4.69, 9.17) is 0 Å². The Kier molecular flexibility index (Phi) is 6.37. The summed E-state index contributed by atoms with van der Waals surface area (Å²) in [5.74, 6) is 1.06. The van der Waals surface area contributed by atoms with Gasteiger partial charge in [-0.25, -0.2) is 0 Å². The maximum Gasteiger partial charge on any atom is 0.258 e. The molecule has 3 heteroatoms. The predicted molar refractivity (Wildman–Crippen MR) is 91.9 cm³/mol. The van der Waals surface area contributed by atoms with Crippen molar-refractivity contribution in [3.05, 3.63) is 47.2 Å². The van der Waals surface area contributed by atoms with Crippen LogP contribution >= 0.6 is 12.6 Å². The molecule has 0 saturated heterocycles. The van der Waals surface area contributed by atoms with Crippen molar-refractivity contribution >= 4 is 18.5 Å². The van der Waals surface area contributed by atoms with Gasteiger partial charge in [0, 0.05) is 18.3 Å². The number of unbranched alkanes of at least 4 members (excludes halogenated alkanes) is 2. The first-order chi connectivity index (χ1) is 10.2. The van der Waals surface area contributed by atoms with Crippen molar-refractivity contribution < 1.29 is 4.79 Å². The van der Waals surface area contributed by atoms with E-state index in [1.807, 2.05) is 36.1 Å². The fourth-order valence-corrected chi connectivity index (χ4v) is 2.72. The van der Waals surface area contributed by atoms with Gasteiger partial charge < -0.3 is 4.90 Å². The van der Waals surface area contributed by atoms with E-state index in [0.29, 0.717) is 0 Å². The molecule has 0 unspecified atom stereocenters. The average Bonchev–Trinajstić information content (AvgIpc) is 2.44. The van der Waals surface area contributed by atoms with E-state index in [0.717, 1.165) is 55.5 Å². The van der Waals surface area contributed by atoms with Crippen LogP contribution in [0.25, 0.3) is 0 Å². The molecule has 0 radical (unpaired) electrons. The Hall–Kier alpha value is -1.22. The summed E-state index contributed by atoms with van der Waals surface area (Å²) in [5, 5.41) is 0. The van der Waals surface area contributed by atoms with Crippen molar-refractivity contribution in [2.75, 3.05) is 12.3 Å². The molecule has 0 aliphatic heterocycles. The second-order valence-corrected chi connectivity index (χ2v) is 6.19. The molecular formula is C18H25NOS. The van der Waals surface area contributed by atoms with Crippen LogP contribution in [0.4, 0.5) is 0 Å². The molecule has 1 aromatic rings. The molecular weight excluding hydrogens is 278 g/mol. The van der Waals surface area contributed by atoms with Crippen LogP contribution < -0.4 is 0 Å². The van der Waals surface area contributed by atoms with Gasteiger partial charge in [-0.15, -0.1) is 0 Å². The van der Waals surface area contributed by atoms with E-state index < -0.39 is 0 Å². The van der Waals surface area contributed by atoms with Crippen molar-refractivity contribution in [1.82, 2.24) is 4.90 Å². The molecule has 0 bridgehead atoms. The Morgan fingerprint density at radius 3 is 2.62 bits per heavy atom. The quantitative estimate of drug-likeness (QED) is 0.576. The van der Waals surface area contributed by atoms with Crippen molar-refractivity contribution in [3.63, 3.8) is 0 Å². The highest BCUT2D eigenvalue weighted by Gasteiger charge is 2.18. The Bertz CT molecular complexity index is 504. The summed E-state index contributed by atoms with van der Waals surface area (Å²) < 4.78 is 0. The molecule has 21 heavy (non-hydrogen) atoms. The van der Waals surface area contributed by atoms with E-state index in [1.54, 1.807) is 0 Å². The highest BCUT2D eigenvalue weighted by molar-refractivity contribution is 7.80. The molecule has 1 saturated carbocycles. The van der Waals surface area contributed by atoms with Gasteiger partial charge in [-0.2, -0.15) is 12.6 Å². The number of amides is 1. The lowest BCUT2D eigenvalue weighted by molar-refractivity contribution is 0.0817. The standard InChI is InChI=1S/C18H25NOS/c1-15-8-3-4-11-17(15)18(20)19(12-5-2-6-13-21)14-16-9-7-10-16/h3-4,8,11,14,21H,2,5-7,9-10,12-13H2,1H3. The van der Waals surface area contributed by atoms with Crippen LogP contribution in [-0.2, 0) is 0 Å².